The van der Waals surface area contributed by atoms with Gasteiger partial charge < -0.3 is 0 Å². The molecule has 0 atom stereocenters. The number of aryl methyl sites for hydroxylation is 2. The maximum Gasteiger partial charge on any atom is 0.147 e. The molecule has 0 spiro atoms. The minimum Gasteiger partial charge on any atom is -0.292 e. The van der Waals surface area contributed by atoms with Crippen LogP contribution in [0.4, 0.5) is 0 Å². The summed E-state index contributed by atoms with van der Waals surface area (Å²) >= 11 is 0. The summed E-state index contributed by atoms with van der Waals surface area (Å²) in [5.41, 5.74) is 16.0. The van der Waals surface area contributed by atoms with Crippen LogP contribution in [0.15, 0.2) is 85.1 Å². The molecule has 0 saturated heterocycles. The van der Waals surface area contributed by atoms with E-state index in [-0.39, 0.29) is 5.41 Å². The van der Waals surface area contributed by atoms with E-state index < -0.39 is 0 Å². The third kappa shape index (κ3) is 4.66. The van der Waals surface area contributed by atoms with Crippen LogP contribution >= 0.6 is 0 Å². The van der Waals surface area contributed by atoms with Crippen molar-refractivity contribution < 1.29 is 0 Å². The Morgan fingerprint density at radius 3 is 2.30 bits per heavy atom. The quantitative estimate of drug-likeness (QED) is 0.214. The van der Waals surface area contributed by atoms with E-state index in [1.54, 1.807) is 0 Å². The minimum atomic E-state index is 0.0196. The third-order valence-electron chi connectivity index (χ3n) is 8.81. The Balaban J connectivity index is 1.49. The maximum atomic E-state index is 5.29. The fourth-order valence-electron chi connectivity index (χ4n) is 6.42. The third-order valence-corrected chi connectivity index (χ3v) is 8.81. The molecule has 0 unspecified atom stereocenters. The van der Waals surface area contributed by atoms with Crippen LogP contribution in [-0.2, 0) is 11.8 Å². The van der Waals surface area contributed by atoms with Crippen molar-refractivity contribution in [3.05, 3.63) is 119 Å². The van der Waals surface area contributed by atoms with Crippen molar-refractivity contribution in [1.82, 2.24) is 19.5 Å². The molecule has 4 nitrogen and oxygen atoms in total. The smallest absolute Gasteiger partial charge is 0.147 e. The summed E-state index contributed by atoms with van der Waals surface area (Å²) in [6, 6.07) is 28.9. The molecule has 0 bridgehead atoms. The molecule has 0 N–H and O–H groups in total. The number of nitrogens with zero attached hydrogens (tertiary/aromatic N) is 4. The van der Waals surface area contributed by atoms with Crippen molar-refractivity contribution >= 4 is 11.0 Å². The second-order valence-corrected chi connectivity index (χ2v) is 13.3. The van der Waals surface area contributed by atoms with Crippen LogP contribution in [0.1, 0.15) is 74.3 Å². The van der Waals surface area contributed by atoms with Crippen LogP contribution < -0.4 is 0 Å². The summed E-state index contributed by atoms with van der Waals surface area (Å²) in [4.78, 5) is 15.1. The van der Waals surface area contributed by atoms with Gasteiger partial charge in [-0.15, -0.1) is 0 Å². The van der Waals surface area contributed by atoms with Crippen molar-refractivity contribution in [3.8, 4) is 39.3 Å². The first kappa shape index (κ1) is 27.3. The van der Waals surface area contributed by atoms with Gasteiger partial charge in [0.25, 0.3) is 0 Å². The first-order valence-corrected chi connectivity index (χ1v) is 15.3. The molecule has 43 heavy (non-hydrogen) atoms. The number of imidazole rings is 1. The highest BCUT2D eigenvalue weighted by Gasteiger charge is 2.25. The molecule has 0 saturated carbocycles. The first-order valence-electron chi connectivity index (χ1n) is 15.3. The second kappa shape index (κ2) is 10.0. The number of rotatable bonds is 4. The number of benzene rings is 3. The Morgan fingerprint density at radius 1 is 0.767 bits per heavy atom. The molecule has 1 aliphatic carbocycles. The Morgan fingerprint density at radius 2 is 1.56 bits per heavy atom. The second-order valence-electron chi connectivity index (χ2n) is 13.3. The van der Waals surface area contributed by atoms with Crippen molar-refractivity contribution in [2.75, 3.05) is 0 Å². The maximum absolute atomic E-state index is 5.29. The topological polar surface area (TPSA) is 43.6 Å². The van der Waals surface area contributed by atoms with Crippen molar-refractivity contribution in [1.29, 1.82) is 0 Å². The average molecular weight is 563 g/mol. The lowest BCUT2D eigenvalue weighted by Crippen LogP contribution is -2.12. The fraction of sp³-hybridized carbons (Fsp3) is 0.256. The Kier molecular flexibility index (Phi) is 6.35. The summed E-state index contributed by atoms with van der Waals surface area (Å²) in [6.07, 6.45) is 2.88. The highest BCUT2D eigenvalue weighted by molar-refractivity contribution is 5.89. The lowest BCUT2D eigenvalue weighted by atomic mass is 9.85. The van der Waals surface area contributed by atoms with Gasteiger partial charge in [-0.25, -0.2) is 4.98 Å². The average Bonchev–Trinajstić information content (AvgIpc) is 3.54. The van der Waals surface area contributed by atoms with Gasteiger partial charge in [-0.2, -0.15) is 0 Å². The molecule has 4 heteroatoms. The lowest BCUT2D eigenvalue weighted by Gasteiger charge is -2.23. The van der Waals surface area contributed by atoms with E-state index in [0.29, 0.717) is 5.92 Å². The van der Waals surface area contributed by atoms with Crippen LogP contribution in [0, 0.1) is 13.8 Å². The van der Waals surface area contributed by atoms with Crippen molar-refractivity contribution in [3.63, 3.8) is 0 Å². The first-order chi connectivity index (χ1) is 20.6. The largest absolute Gasteiger partial charge is 0.292 e. The molecule has 0 radical (unpaired) electrons. The Labute approximate surface area is 254 Å². The van der Waals surface area contributed by atoms with Gasteiger partial charge in [0, 0.05) is 35.0 Å². The van der Waals surface area contributed by atoms with Gasteiger partial charge in [-0.05, 0) is 77.3 Å². The van der Waals surface area contributed by atoms with Gasteiger partial charge in [-0.1, -0.05) is 89.2 Å². The minimum absolute atomic E-state index is 0.0196. The van der Waals surface area contributed by atoms with E-state index in [1.807, 2.05) is 6.20 Å². The Hall–Kier alpha value is -4.57. The van der Waals surface area contributed by atoms with E-state index in [2.05, 4.69) is 132 Å². The van der Waals surface area contributed by atoms with Gasteiger partial charge in [0.05, 0.1) is 22.6 Å². The summed E-state index contributed by atoms with van der Waals surface area (Å²) in [7, 11) is 0. The van der Waals surface area contributed by atoms with Gasteiger partial charge in [0.15, 0.2) is 0 Å². The van der Waals surface area contributed by atoms with Gasteiger partial charge in [0.1, 0.15) is 11.3 Å². The molecule has 0 aliphatic heterocycles. The predicted molar refractivity (Wildman–Crippen MR) is 178 cm³/mol. The molecule has 6 aromatic rings. The summed E-state index contributed by atoms with van der Waals surface area (Å²) in [6.45, 7) is 15.4. The van der Waals surface area contributed by atoms with E-state index in [1.165, 1.54) is 38.9 Å². The predicted octanol–water partition coefficient (Wildman–Crippen LogP) is 9.76. The molecular weight excluding hydrogens is 524 g/mol. The van der Waals surface area contributed by atoms with Crippen molar-refractivity contribution in [2.24, 2.45) is 0 Å². The van der Waals surface area contributed by atoms with E-state index in [0.717, 1.165) is 51.6 Å². The summed E-state index contributed by atoms with van der Waals surface area (Å²) in [5.74, 6) is 1.38. The molecule has 3 heterocycles. The summed E-state index contributed by atoms with van der Waals surface area (Å²) in [5, 5.41) is 0. The van der Waals surface area contributed by atoms with Crippen LogP contribution in [-0.4, -0.2) is 19.5 Å². The van der Waals surface area contributed by atoms with Crippen LogP contribution in [0.2, 0.25) is 0 Å². The number of pyridine rings is 2. The van der Waals surface area contributed by atoms with Crippen LogP contribution in [0.3, 0.4) is 0 Å². The molecule has 214 valence electrons. The lowest BCUT2D eigenvalue weighted by molar-refractivity contribution is 0.590. The highest BCUT2D eigenvalue weighted by atomic mass is 15.1. The number of hydrogen-bond acceptors (Lipinski definition) is 3. The Bertz CT molecular complexity index is 2020. The number of aromatic nitrogens is 4. The van der Waals surface area contributed by atoms with Crippen LogP contribution in [0.5, 0.6) is 0 Å². The molecule has 0 amide bonds. The zero-order valence-corrected chi connectivity index (χ0v) is 26.2. The SMILES string of the molecule is Cc1cc2c(nc(-c3cnc4c(c3)-c3ccc(C(C)C)cc3C4)n2-c2ccc(C(C)(C)C)cc2-c2ccccc2)c(C)n1. The van der Waals surface area contributed by atoms with E-state index in [9.17, 15) is 0 Å². The molecule has 7 rings (SSSR count). The standard InChI is InChI=1S/C39H38N4/c1-23(2)27-13-15-31-28(18-27)20-34-33(31)19-29(22-40-34)38-42-37-25(4)41-24(3)17-36(37)43(38)35-16-14-30(39(5,6)7)21-32(35)26-11-9-8-10-12-26/h8-19,21-23H,20H2,1-7H3. The normalized spacial score (nSPS) is 12.7. The number of fused-ring (bicyclic) bond motifs is 4. The molecule has 1 aliphatic rings. The molecule has 3 aromatic heterocycles. The monoisotopic (exact) mass is 562 g/mol. The van der Waals surface area contributed by atoms with Crippen molar-refractivity contribution in [2.45, 2.75) is 66.2 Å². The number of hydrogen-bond donors (Lipinski definition) is 0. The molecule has 0 fully saturated rings. The van der Waals surface area contributed by atoms with Crippen LogP contribution in [0.25, 0.3) is 50.4 Å². The fourth-order valence-corrected chi connectivity index (χ4v) is 6.42. The molecular formula is C39H38N4. The van der Waals surface area contributed by atoms with E-state index >= 15 is 0 Å². The zero-order valence-electron chi connectivity index (χ0n) is 26.2. The summed E-state index contributed by atoms with van der Waals surface area (Å²) < 4.78 is 2.33. The van der Waals surface area contributed by atoms with Gasteiger partial charge in [-0.3, -0.25) is 14.5 Å². The van der Waals surface area contributed by atoms with Gasteiger partial charge in [0.2, 0.25) is 0 Å². The van der Waals surface area contributed by atoms with Gasteiger partial charge >= 0.3 is 0 Å². The zero-order chi connectivity index (χ0) is 30.0. The van der Waals surface area contributed by atoms with E-state index in [4.69, 9.17) is 15.0 Å². The highest BCUT2D eigenvalue weighted by Crippen LogP contribution is 2.41. The molecule has 3 aromatic carbocycles.